The number of hydrogen-bond donors (Lipinski definition) is 3. The first kappa shape index (κ1) is 24.5. The molecule has 4 N–H and O–H groups in total. The number of nitrogens with one attached hydrogen (secondary N) is 1. The van der Waals surface area contributed by atoms with Crippen LogP contribution in [0, 0.1) is 6.92 Å². The van der Waals surface area contributed by atoms with E-state index in [4.69, 9.17) is 15.2 Å². The van der Waals surface area contributed by atoms with E-state index in [0.717, 1.165) is 53.8 Å². The zero-order valence-corrected chi connectivity index (χ0v) is 19.3. The van der Waals surface area contributed by atoms with Gasteiger partial charge in [-0.15, -0.1) is 0 Å². The van der Waals surface area contributed by atoms with Crippen molar-refractivity contribution in [3.05, 3.63) is 52.6 Å². The van der Waals surface area contributed by atoms with Gasteiger partial charge in [0.15, 0.2) is 11.5 Å². The average Bonchev–Trinajstić information content (AvgIpc) is 2.76. The van der Waals surface area contributed by atoms with Crippen molar-refractivity contribution < 1.29 is 19.4 Å². The summed E-state index contributed by atoms with van der Waals surface area (Å²) in [7, 11) is 3.27. The third-order valence-electron chi connectivity index (χ3n) is 5.54. The topological polar surface area (TPSA) is 93.8 Å². The standard InChI is InChI=1S/C23H30N2O4.C2H6/c1-14-10-16(13-21(28-2)22(14)29-3)11-15-4-9-19(23(24)27)20(12-15)25-17-5-7-18(26)8-6-17;1-2/h4,9-10,12-13,17-18,25-26H,5-8,11H2,1-3H3,(H2,24,27);1-2H3. The van der Waals surface area contributed by atoms with Crippen molar-refractivity contribution in [2.24, 2.45) is 5.73 Å². The number of anilines is 1. The molecule has 2 aromatic carbocycles. The summed E-state index contributed by atoms with van der Waals surface area (Å²) < 4.78 is 10.9. The molecule has 6 nitrogen and oxygen atoms in total. The van der Waals surface area contributed by atoms with Crippen molar-refractivity contribution in [2.45, 2.75) is 65.0 Å². The van der Waals surface area contributed by atoms with E-state index >= 15 is 0 Å². The Balaban J connectivity index is 0.00000166. The molecule has 0 aliphatic heterocycles. The average molecular weight is 429 g/mol. The normalized spacial score (nSPS) is 17.9. The summed E-state index contributed by atoms with van der Waals surface area (Å²) in [5, 5.41) is 13.2. The van der Waals surface area contributed by atoms with E-state index in [2.05, 4.69) is 11.4 Å². The van der Waals surface area contributed by atoms with E-state index in [1.807, 2.05) is 39.0 Å². The number of benzene rings is 2. The second-order valence-electron chi connectivity index (χ2n) is 7.72. The zero-order valence-electron chi connectivity index (χ0n) is 19.3. The highest BCUT2D eigenvalue weighted by Gasteiger charge is 2.21. The van der Waals surface area contributed by atoms with Crippen LogP contribution in [0.3, 0.4) is 0 Å². The molecule has 0 spiro atoms. The largest absolute Gasteiger partial charge is 0.493 e. The van der Waals surface area contributed by atoms with E-state index in [-0.39, 0.29) is 12.1 Å². The van der Waals surface area contributed by atoms with Gasteiger partial charge in [0.25, 0.3) is 5.91 Å². The quantitative estimate of drug-likeness (QED) is 0.606. The van der Waals surface area contributed by atoms with E-state index in [0.29, 0.717) is 17.7 Å². The summed E-state index contributed by atoms with van der Waals surface area (Å²) in [5.41, 5.74) is 10.0. The molecule has 3 rings (SSSR count). The van der Waals surface area contributed by atoms with Crippen molar-refractivity contribution in [3.63, 3.8) is 0 Å². The van der Waals surface area contributed by atoms with E-state index in [9.17, 15) is 9.90 Å². The molecule has 0 aromatic heterocycles. The van der Waals surface area contributed by atoms with Crippen molar-refractivity contribution >= 4 is 11.6 Å². The molecule has 31 heavy (non-hydrogen) atoms. The third kappa shape index (κ3) is 6.37. The van der Waals surface area contributed by atoms with Crippen LogP contribution < -0.4 is 20.5 Å². The van der Waals surface area contributed by atoms with Crippen LogP contribution in [0.2, 0.25) is 0 Å². The van der Waals surface area contributed by atoms with E-state index in [1.54, 1.807) is 20.3 Å². The Hall–Kier alpha value is -2.73. The lowest BCUT2D eigenvalue weighted by molar-refractivity contribution is 0.100. The van der Waals surface area contributed by atoms with Crippen LogP contribution in [0.25, 0.3) is 0 Å². The van der Waals surface area contributed by atoms with Gasteiger partial charge in [-0.2, -0.15) is 0 Å². The SMILES string of the molecule is CC.COc1cc(Cc2ccc(C(N)=O)c(NC3CCC(O)CC3)c2)cc(C)c1OC. The first-order valence-corrected chi connectivity index (χ1v) is 11.0. The molecular weight excluding hydrogens is 392 g/mol. The predicted molar refractivity (Wildman–Crippen MR) is 125 cm³/mol. The smallest absolute Gasteiger partial charge is 0.250 e. The minimum Gasteiger partial charge on any atom is -0.493 e. The van der Waals surface area contributed by atoms with E-state index in [1.165, 1.54) is 0 Å². The number of hydrogen-bond acceptors (Lipinski definition) is 5. The predicted octanol–water partition coefficient (Wildman–Crippen LogP) is 4.44. The molecule has 1 aliphatic carbocycles. The molecule has 0 heterocycles. The first-order chi connectivity index (χ1) is 14.9. The number of methoxy groups -OCH3 is 2. The molecule has 0 atom stereocenters. The number of primary amides is 1. The summed E-state index contributed by atoms with van der Waals surface area (Å²) in [4.78, 5) is 11.9. The molecule has 2 aromatic rings. The van der Waals surface area contributed by atoms with E-state index < -0.39 is 5.91 Å². The number of rotatable bonds is 7. The van der Waals surface area contributed by atoms with Crippen LogP contribution >= 0.6 is 0 Å². The highest BCUT2D eigenvalue weighted by molar-refractivity contribution is 5.98. The fourth-order valence-electron chi connectivity index (χ4n) is 4.04. The van der Waals surface area contributed by atoms with Gasteiger partial charge in [-0.1, -0.05) is 26.0 Å². The van der Waals surface area contributed by atoms with Gasteiger partial charge in [0.2, 0.25) is 0 Å². The molecule has 1 fully saturated rings. The van der Waals surface area contributed by atoms with Gasteiger partial charge < -0.3 is 25.6 Å². The molecular formula is C25H36N2O4. The Labute approximate surface area is 185 Å². The fraction of sp³-hybridized carbons (Fsp3) is 0.480. The maximum Gasteiger partial charge on any atom is 0.250 e. The minimum absolute atomic E-state index is 0.219. The Morgan fingerprint density at radius 1 is 1.06 bits per heavy atom. The second-order valence-corrected chi connectivity index (χ2v) is 7.72. The maximum atomic E-state index is 11.9. The number of aliphatic hydroxyl groups is 1. The zero-order chi connectivity index (χ0) is 23.0. The maximum absolute atomic E-state index is 11.9. The fourth-order valence-corrected chi connectivity index (χ4v) is 4.04. The number of ether oxygens (including phenoxy) is 2. The van der Waals surface area contributed by atoms with Gasteiger partial charge in [-0.05, 0) is 73.9 Å². The van der Waals surface area contributed by atoms with Gasteiger partial charge in [0.1, 0.15) is 0 Å². The van der Waals surface area contributed by atoms with Gasteiger partial charge in [0, 0.05) is 11.7 Å². The van der Waals surface area contributed by atoms with Crippen LogP contribution in [0.15, 0.2) is 30.3 Å². The number of nitrogens with two attached hydrogens (primary N) is 1. The molecule has 1 amide bonds. The Kier molecular flexibility index (Phi) is 9.19. The molecule has 1 saturated carbocycles. The second kappa shape index (κ2) is 11.6. The Morgan fingerprint density at radius 2 is 1.74 bits per heavy atom. The number of amides is 1. The van der Waals surface area contributed by atoms with Gasteiger partial charge in [-0.3, -0.25) is 4.79 Å². The molecule has 0 unspecified atom stereocenters. The number of carbonyl (C=O) groups is 1. The number of aliphatic hydroxyl groups excluding tert-OH is 1. The summed E-state index contributed by atoms with van der Waals surface area (Å²) in [5.74, 6) is 0.995. The Morgan fingerprint density at radius 3 is 2.32 bits per heavy atom. The van der Waals surface area contributed by atoms with Gasteiger partial charge in [-0.25, -0.2) is 0 Å². The van der Waals surface area contributed by atoms with Crippen LogP contribution in [0.5, 0.6) is 11.5 Å². The van der Waals surface area contributed by atoms with Crippen molar-refractivity contribution in [3.8, 4) is 11.5 Å². The van der Waals surface area contributed by atoms with Gasteiger partial charge >= 0.3 is 0 Å². The summed E-state index contributed by atoms with van der Waals surface area (Å²) >= 11 is 0. The minimum atomic E-state index is -0.447. The van der Waals surface area contributed by atoms with Crippen molar-refractivity contribution in [1.29, 1.82) is 0 Å². The first-order valence-electron chi connectivity index (χ1n) is 11.0. The third-order valence-corrected chi connectivity index (χ3v) is 5.54. The lowest BCUT2D eigenvalue weighted by atomic mass is 9.92. The summed E-state index contributed by atoms with van der Waals surface area (Å²) in [6.07, 6.45) is 3.76. The molecule has 0 bridgehead atoms. The van der Waals surface area contributed by atoms with Crippen molar-refractivity contribution in [2.75, 3.05) is 19.5 Å². The van der Waals surface area contributed by atoms with Crippen LogP contribution in [0.1, 0.15) is 66.6 Å². The number of carbonyl (C=O) groups excluding carboxylic acids is 1. The molecule has 6 heteroatoms. The lowest BCUT2D eigenvalue weighted by Crippen LogP contribution is -2.29. The van der Waals surface area contributed by atoms with Crippen LogP contribution in [-0.2, 0) is 6.42 Å². The molecule has 0 radical (unpaired) electrons. The number of aryl methyl sites for hydroxylation is 1. The molecule has 0 saturated heterocycles. The lowest BCUT2D eigenvalue weighted by Gasteiger charge is -2.28. The monoisotopic (exact) mass is 428 g/mol. The van der Waals surface area contributed by atoms with Gasteiger partial charge in [0.05, 0.1) is 25.9 Å². The van der Waals surface area contributed by atoms with Crippen LogP contribution in [-0.4, -0.2) is 37.4 Å². The highest BCUT2D eigenvalue weighted by Crippen LogP contribution is 2.33. The van der Waals surface area contributed by atoms with Crippen molar-refractivity contribution in [1.82, 2.24) is 0 Å². The highest BCUT2D eigenvalue weighted by atomic mass is 16.5. The summed E-state index contributed by atoms with van der Waals surface area (Å²) in [6, 6.07) is 10.0. The Bertz CT molecular complexity index is 874. The van der Waals surface area contributed by atoms with Crippen LogP contribution in [0.4, 0.5) is 5.69 Å². The molecule has 170 valence electrons. The molecule has 1 aliphatic rings. The summed E-state index contributed by atoms with van der Waals surface area (Å²) in [6.45, 7) is 5.99.